The molecule has 0 spiro atoms. The zero-order valence-electron chi connectivity index (χ0n) is 12.5. The number of hydrogen-bond acceptors (Lipinski definition) is 4. The molecule has 0 aliphatic rings. The maximum atomic E-state index is 12.0. The number of carbonyl (C=O) groups is 1. The van der Waals surface area contributed by atoms with E-state index in [9.17, 15) is 4.79 Å². The molecule has 0 aliphatic carbocycles. The number of nitrogens with one attached hydrogen (secondary N) is 1. The molecule has 2 rings (SSSR count). The monoisotopic (exact) mass is 346 g/mol. The van der Waals surface area contributed by atoms with Crippen LogP contribution in [0, 0.1) is 11.3 Å². The second kappa shape index (κ2) is 8.47. The maximum Gasteiger partial charge on any atom is 0.234 e. The van der Waals surface area contributed by atoms with Crippen molar-refractivity contribution >= 4 is 35.0 Å². The Kier molecular flexibility index (Phi) is 6.33. The SMILES string of the molecule is COc1ccc(Cl)cc1NC(=O)CSCc1cccc(C#N)c1. The second-order valence-electron chi connectivity index (χ2n) is 4.70. The minimum absolute atomic E-state index is 0.132. The summed E-state index contributed by atoms with van der Waals surface area (Å²) in [5.74, 6) is 1.39. The highest BCUT2D eigenvalue weighted by Gasteiger charge is 2.08. The molecule has 23 heavy (non-hydrogen) atoms. The molecule has 4 nitrogen and oxygen atoms in total. The first-order valence-electron chi connectivity index (χ1n) is 6.82. The van der Waals surface area contributed by atoms with Crippen molar-refractivity contribution in [1.82, 2.24) is 0 Å². The number of nitrogens with zero attached hydrogens (tertiary/aromatic N) is 1. The third-order valence-corrected chi connectivity index (χ3v) is 4.23. The predicted molar refractivity (Wildman–Crippen MR) is 94.0 cm³/mol. The van der Waals surface area contributed by atoms with E-state index in [1.165, 1.54) is 18.9 Å². The minimum Gasteiger partial charge on any atom is -0.495 e. The summed E-state index contributed by atoms with van der Waals surface area (Å²) in [7, 11) is 1.54. The average Bonchev–Trinajstić information content (AvgIpc) is 2.55. The van der Waals surface area contributed by atoms with Crippen molar-refractivity contribution in [3.8, 4) is 11.8 Å². The highest BCUT2D eigenvalue weighted by atomic mass is 35.5. The smallest absolute Gasteiger partial charge is 0.234 e. The van der Waals surface area contributed by atoms with Crippen molar-refractivity contribution < 1.29 is 9.53 Å². The summed E-state index contributed by atoms with van der Waals surface area (Å²) in [5.41, 5.74) is 2.19. The van der Waals surface area contributed by atoms with Crippen LogP contribution in [0.4, 0.5) is 5.69 Å². The van der Waals surface area contributed by atoms with Crippen LogP contribution in [0.1, 0.15) is 11.1 Å². The van der Waals surface area contributed by atoms with Gasteiger partial charge in [-0.2, -0.15) is 5.26 Å². The van der Waals surface area contributed by atoms with Crippen molar-refractivity contribution in [3.63, 3.8) is 0 Å². The molecule has 0 radical (unpaired) electrons. The lowest BCUT2D eigenvalue weighted by atomic mass is 10.2. The van der Waals surface area contributed by atoms with E-state index in [4.69, 9.17) is 21.6 Å². The molecular weight excluding hydrogens is 332 g/mol. The van der Waals surface area contributed by atoms with Crippen LogP contribution in [-0.2, 0) is 10.5 Å². The molecule has 0 atom stereocenters. The van der Waals surface area contributed by atoms with E-state index in [2.05, 4.69) is 11.4 Å². The molecule has 0 saturated heterocycles. The Bertz CT molecular complexity index is 744. The Labute approximate surface area is 144 Å². The van der Waals surface area contributed by atoms with Gasteiger partial charge in [-0.15, -0.1) is 11.8 Å². The van der Waals surface area contributed by atoms with Gasteiger partial charge in [0.15, 0.2) is 0 Å². The molecule has 0 unspecified atom stereocenters. The molecule has 118 valence electrons. The first-order chi connectivity index (χ1) is 11.1. The largest absolute Gasteiger partial charge is 0.495 e. The number of rotatable bonds is 6. The maximum absolute atomic E-state index is 12.0. The highest BCUT2D eigenvalue weighted by molar-refractivity contribution is 7.99. The number of carbonyl (C=O) groups excluding carboxylic acids is 1. The van der Waals surface area contributed by atoms with Crippen LogP contribution in [0.2, 0.25) is 5.02 Å². The Morgan fingerprint density at radius 1 is 1.35 bits per heavy atom. The summed E-state index contributed by atoms with van der Waals surface area (Å²) < 4.78 is 5.19. The third kappa shape index (κ3) is 5.20. The van der Waals surface area contributed by atoms with Crippen LogP contribution in [0.25, 0.3) is 0 Å². The fraction of sp³-hybridized carbons (Fsp3) is 0.176. The summed E-state index contributed by atoms with van der Waals surface area (Å²) in [6, 6.07) is 14.5. The van der Waals surface area contributed by atoms with Crippen molar-refractivity contribution in [2.45, 2.75) is 5.75 Å². The predicted octanol–water partition coefficient (Wildman–Crippen LogP) is 4.09. The Morgan fingerprint density at radius 3 is 2.91 bits per heavy atom. The van der Waals surface area contributed by atoms with E-state index in [1.807, 2.05) is 18.2 Å². The van der Waals surface area contributed by atoms with Gasteiger partial charge in [0.25, 0.3) is 0 Å². The molecule has 0 aromatic heterocycles. The molecule has 0 heterocycles. The molecule has 0 aliphatic heterocycles. The van der Waals surface area contributed by atoms with Crippen LogP contribution in [-0.4, -0.2) is 18.8 Å². The van der Waals surface area contributed by atoms with Gasteiger partial charge in [0.05, 0.1) is 30.2 Å². The van der Waals surface area contributed by atoms with Gasteiger partial charge < -0.3 is 10.1 Å². The normalized spacial score (nSPS) is 9.96. The summed E-state index contributed by atoms with van der Waals surface area (Å²) in [5, 5.41) is 12.2. The summed E-state index contributed by atoms with van der Waals surface area (Å²) in [6.07, 6.45) is 0. The third-order valence-electron chi connectivity index (χ3n) is 2.99. The van der Waals surface area contributed by atoms with Gasteiger partial charge in [0, 0.05) is 10.8 Å². The molecule has 6 heteroatoms. The summed E-state index contributed by atoms with van der Waals surface area (Å²) in [4.78, 5) is 12.0. The number of nitriles is 1. The van der Waals surface area contributed by atoms with Crippen LogP contribution in [0.15, 0.2) is 42.5 Å². The molecule has 0 fully saturated rings. The Balaban J connectivity index is 1.88. The number of halogens is 1. The van der Waals surface area contributed by atoms with E-state index < -0.39 is 0 Å². The van der Waals surface area contributed by atoms with E-state index in [0.29, 0.717) is 33.5 Å². The van der Waals surface area contributed by atoms with Crippen molar-refractivity contribution in [2.75, 3.05) is 18.2 Å². The lowest BCUT2D eigenvalue weighted by molar-refractivity contribution is -0.113. The fourth-order valence-corrected chi connectivity index (χ4v) is 2.90. The average molecular weight is 347 g/mol. The zero-order valence-corrected chi connectivity index (χ0v) is 14.1. The molecule has 0 saturated carbocycles. The quantitative estimate of drug-likeness (QED) is 0.855. The van der Waals surface area contributed by atoms with E-state index in [1.54, 1.807) is 24.3 Å². The van der Waals surface area contributed by atoms with Crippen LogP contribution >= 0.6 is 23.4 Å². The van der Waals surface area contributed by atoms with Crippen LogP contribution in [0.5, 0.6) is 5.75 Å². The van der Waals surface area contributed by atoms with E-state index >= 15 is 0 Å². The van der Waals surface area contributed by atoms with Crippen molar-refractivity contribution in [3.05, 3.63) is 58.6 Å². The number of benzene rings is 2. The van der Waals surface area contributed by atoms with Gasteiger partial charge in [-0.1, -0.05) is 23.7 Å². The van der Waals surface area contributed by atoms with E-state index in [0.717, 1.165) is 5.56 Å². The molecular formula is C17H15ClN2O2S. The highest BCUT2D eigenvalue weighted by Crippen LogP contribution is 2.27. The molecule has 0 bridgehead atoms. The number of ether oxygens (including phenoxy) is 1. The number of anilines is 1. The van der Waals surface area contributed by atoms with Gasteiger partial charge in [-0.05, 0) is 35.9 Å². The number of methoxy groups -OCH3 is 1. The Hall–Kier alpha value is -2.16. The Morgan fingerprint density at radius 2 is 2.17 bits per heavy atom. The zero-order chi connectivity index (χ0) is 16.7. The van der Waals surface area contributed by atoms with Crippen molar-refractivity contribution in [1.29, 1.82) is 5.26 Å². The van der Waals surface area contributed by atoms with Crippen LogP contribution < -0.4 is 10.1 Å². The number of amides is 1. The molecule has 1 amide bonds. The number of hydrogen-bond donors (Lipinski definition) is 1. The molecule has 2 aromatic carbocycles. The first-order valence-corrected chi connectivity index (χ1v) is 8.36. The lowest BCUT2D eigenvalue weighted by Gasteiger charge is -2.10. The van der Waals surface area contributed by atoms with Gasteiger partial charge in [-0.25, -0.2) is 0 Å². The fourth-order valence-electron chi connectivity index (χ4n) is 1.96. The molecule has 1 N–H and O–H groups in total. The topological polar surface area (TPSA) is 62.1 Å². The summed E-state index contributed by atoms with van der Waals surface area (Å²) >= 11 is 7.41. The van der Waals surface area contributed by atoms with Gasteiger partial charge in [0.1, 0.15) is 5.75 Å². The standard InChI is InChI=1S/C17H15ClN2O2S/c1-22-16-6-5-14(18)8-15(16)20-17(21)11-23-10-13-4-2-3-12(7-13)9-19/h2-8H,10-11H2,1H3,(H,20,21). The van der Waals surface area contributed by atoms with E-state index in [-0.39, 0.29) is 5.91 Å². The second-order valence-corrected chi connectivity index (χ2v) is 6.12. The first kappa shape index (κ1) is 17.2. The van der Waals surface area contributed by atoms with Crippen molar-refractivity contribution in [2.24, 2.45) is 0 Å². The van der Waals surface area contributed by atoms with Crippen LogP contribution in [0.3, 0.4) is 0 Å². The lowest BCUT2D eigenvalue weighted by Crippen LogP contribution is -2.14. The number of thioether (sulfide) groups is 1. The van der Waals surface area contributed by atoms with Gasteiger partial charge in [-0.3, -0.25) is 4.79 Å². The van der Waals surface area contributed by atoms with Gasteiger partial charge >= 0.3 is 0 Å². The van der Waals surface area contributed by atoms with Gasteiger partial charge in [0.2, 0.25) is 5.91 Å². The minimum atomic E-state index is -0.132. The summed E-state index contributed by atoms with van der Waals surface area (Å²) in [6.45, 7) is 0. The molecule has 2 aromatic rings.